The van der Waals surface area contributed by atoms with Crippen molar-refractivity contribution in [2.45, 2.75) is 115 Å². The summed E-state index contributed by atoms with van der Waals surface area (Å²) < 4.78 is 49.2. The number of para-hydroxylation sites is 1. The number of hydrogen-bond donors (Lipinski definition) is 2. The van der Waals surface area contributed by atoms with Crippen molar-refractivity contribution in [1.82, 2.24) is 29.9 Å². The summed E-state index contributed by atoms with van der Waals surface area (Å²) in [5.41, 5.74) is -1.95. The van der Waals surface area contributed by atoms with Crippen molar-refractivity contribution in [1.29, 1.82) is 5.26 Å². The van der Waals surface area contributed by atoms with E-state index in [1.807, 2.05) is 17.0 Å². The molecule has 3 saturated heterocycles. The molecule has 19 heteroatoms. The number of pyridine rings is 1. The zero-order valence-electron chi connectivity index (χ0n) is 34.2. The monoisotopic (exact) mass is 850 g/mol. The fraction of sp³-hybridized carbons (Fsp3) is 0.561. The Bertz CT molecular complexity index is 2240. The van der Waals surface area contributed by atoms with Gasteiger partial charge in [0.05, 0.1) is 41.3 Å². The summed E-state index contributed by atoms with van der Waals surface area (Å²) in [7, 11) is 1.75. The van der Waals surface area contributed by atoms with Crippen LogP contribution in [0, 0.1) is 17.2 Å². The van der Waals surface area contributed by atoms with Crippen molar-refractivity contribution in [3.8, 4) is 6.07 Å². The van der Waals surface area contributed by atoms with Gasteiger partial charge in [0.15, 0.2) is 16.6 Å². The maximum Gasteiger partial charge on any atom is 0.419 e. The number of urea groups is 1. The fourth-order valence-corrected chi connectivity index (χ4v) is 10.0. The predicted octanol–water partition coefficient (Wildman–Crippen LogP) is 5.86. The van der Waals surface area contributed by atoms with Crippen LogP contribution < -0.4 is 20.4 Å². The number of amides is 5. The number of benzene rings is 1. The number of thiocarbonyl (C=S) groups is 1. The molecular formula is C41H49F3N10O5S. The van der Waals surface area contributed by atoms with Gasteiger partial charge in [-0.15, -0.1) is 0 Å². The smallest absolute Gasteiger partial charge is 0.378 e. The molecule has 0 radical (unpaired) electrons. The molecule has 15 nitrogen and oxygen atoms in total. The number of aromatic nitrogens is 3. The summed E-state index contributed by atoms with van der Waals surface area (Å²) in [4.78, 5) is 61.6. The van der Waals surface area contributed by atoms with Crippen molar-refractivity contribution in [3.05, 3.63) is 41.7 Å². The molecule has 5 heterocycles. The largest absolute Gasteiger partial charge is 0.419 e. The number of aryl methyl sites for hydroxylation is 1. The van der Waals surface area contributed by atoms with Gasteiger partial charge < -0.3 is 15.0 Å². The lowest BCUT2D eigenvalue weighted by atomic mass is 9.85. The first-order chi connectivity index (χ1) is 28.4. The van der Waals surface area contributed by atoms with E-state index in [1.54, 1.807) is 31.6 Å². The number of hydrogen-bond acceptors (Lipinski definition) is 10. The second-order valence-electron chi connectivity index (χ2n) is 16.8. The van der Waals surface area contributed by atoms with Crippen molar-refractivity contribution in [2.75, 3.05) is 34.8 Å². The number of ether oxygens (including phenoxy) is 1. The average molecular weight is 851 g/mol. The lowest BCUT2D eigenvalue weighted by Gasteiger charge is -2.42. The number of carbonyl (C=O) groups is 4. The number of piperidine rings is 1. The summed E-state index contributed by atoms with van der Waals surface area (Å²) in [5, 5.41) is 19.9. The van der Waals surface area contributed by atoms with E-state index in [4.69, 9.17) is 17.0 Å². The van der Waals surface area contributed by atoms with Gasteiger partial charge in [0.1, 0.15) is 11.6 Å². The third-order valence-corrected chi connectivity index (χ3v) is 12.8. The highest BCUT2D eigenvalue weighted by molar-refractivity contribution is 7.80. The number of fused-ring (bicyclic) bond motifs is 1. The Morgan fingerprint density at radius 1 is 1.12 bits per heavy atom. The van der Waals surface area contributed by atoms with Gasteiger partial charge in [0.25, 0.3) is 5.91 Å². The topological polar surface area (TPSA) is 169 Å². The van der Waals surface area contributed by atoms with Crippen LogP contribution >= 0.6 is 12.2 Å². The van der Waals surface area contributed by atoms with Crippen LogP contribution in [0.5, 0.6) is 0 Å². The molecule has 3 atom stereocenters. The molecule has 0 bridgehead atoms. The number of imide groups is 1. The van der Waals surface area contributed by atoms with Gasteiger partial charge in [-0.05, 0) is 109 Å². The number of alkyl halides is 3. The molecule has 60 heavy (non-hydrogen) atoms. The van der Waals surface area contributed by atoms with Gasteiger partial charge in [0.2, 0.25) is 11.8 Å². The van der Waals surface area contributed by atoms with Crippen molar-refractivity contribution in [3.63, 3.8) is 0 Å². The maximum absolute atomic E-state index is 13.7. The highest BCUT2D eigenvalue weighted by Crippen LogP contribution is 2.41. The second-order valence-corrected chi connectivity index (χ2v) is 17.2. The molecule has 5 amide bonds. The number of nitrogens with zero attached hydrogens (tertiary/aromatic N) is 8. The van der Waals surface area contributed by atoms with Crippen LogP contribution in [0.4, 0.5) is 35.2 Å². The average Bonchev–Trinajstić information content (AvgIpc) is 3.61. The minimum atomic E-state index is -4.83. The number of halogens is 3. The number of nitriles is 1. The zero-order valence-corrected chi connectivity index (χ0v) is 35.0. The molecule has 320 valence electrons. The van der Waals surface area contributed by atoms with E-state index < -0.39 is 34.9 Å². The number of likely N-dealkylation sites (tertiary alicyclic amines) is 1. The molecule has 2 aromatic heterocycles. The molecule has 4 aliphatic rings. The van der Waals surface area contributed by atoms with E-state index >= 15 is 0 Å². The molecule has 1 aliphatic carbocycles. The predicted molar refractivity (Wildman–Crippen MR) is 220 cm³/mol. The van der Waals surface area contributed by atoms with Crippen molar-refractivity contribution < 1.29 is 37.1 Å². The van der Waals surface area contributed by atoms with Crippen LogP contribution in [-0.4, -0.2) is 103 Å². The molecule has 0 unspecified atom stereocenters. The first kappa shape index (κ1) is 42.9. The van der Waals surface area contributed by atoms with E-state index in [9.17, 15) is 37.6 Å². The first-order valence-electron chi connectivity index (χ1n) is 20.3. The van der Waals surface area contributed by atoms with Crippen LogP contribution in [0.25, 0.3) is 10.9 Å². The minimum Gasteiger partial charge on any atom is -0.378 e. The third-order valence-electron chi connectivity index (χ3n) is 12.4. The van der Waals surface area contributed by atoms with E-state index in [-0.39, 0.29) is 66.4 Å². The Hall–Kier alpha value is -5.19. The van der Waals surface area contributed by atoms with Crippen LogP contribution in [0.1, 0.15) is 90.3 Å². The van der Waals surface area contributed by atoms with Crippen LogP contribution in [-0.2, 0) is 32.3 Å². The van der Waals surface area contributed by atoms with Crippen molar-refractivity contribution in [2.24, 2.45) is 13.0 Å². The van der Waals surface area contributed by atoms with Gasteiger partial charge in [-0.1, -0.05) is 6.07 Å². The minimum absolute atomic E-state index is 0.0317. The van der Waals surface area contributed by atoms with Gasteiger partial charge in [-0.25, -0.2) is 9.78 Å². The van der Waals surface area contributed by atoms with Gasteiger partial charge >= 0.3 is 12.2 Å². The van der Waals surface area contributed by atoms with E-state index in [0.29, 0.717) is 47.8 Å². The highest BCUT2D eigenvalue weighted by Gasteiger charge is 2.53. The summed E-state index contributed by atoms with van der Waals surface area (Å²) in [6.45, 7) is 8.75. The van der Waals surface area contributed by atoms with E-state index in [1.165, 1.54) is 11.0 Å². The van der Waals surface area contributed by atoms with E-state index in [0.717, 1.165) is 49.3 Å². The number of nitrogens with one attached hydrogen (secondary N) is 2. The lowest BCUT2D eigenvalue weighted by molar-refractivity contribution is -0.138. The fourth-order valence-electron chi connectivity index (χ4n) is 9.46. The Kier molecular flexibility index (Phi) is 11.9. The molecule has 7 rings (SSSR count). The number of anilines is 3. The summed E-state index contributed by atoms with van der Waals surface area (Å²) in [5.74, 6) is -0.0943. The van der Waals surface area contributed by atoms with Gasteiger partial charge in [-0.2, -0.15) is 23.5 Å². The quantitative estimate of drug-likeness (QED) is 0.235. The van der Waals surface area contributed by atoms with Crippen molar-refractivity contribution >= 4 is 69.2 Å². The number of rotatable bonds is 10. The van der Waals surface area contributed by atoms with Gasteiger partial charge in [-0.3, -0.25) is 39.1 Å². The Labute approximate surface area is 351 Å². The summed E-state index contributed by atoms with van der Waals surface area (Å²) in [6, 6.07) is 7.37. The lowest BCUT2D eigenvalue weighted by Crippen LogP contribution is -2.51. The summed E-state index contributed by atoms with van der Waals surface area (Å²) in [6.07, 6.45) is 2.05. The number of carbonyl (C=O) groups excluding carboxylic acids is 4. The Morgan fingerprint density at radius 2 is 1.82 bits per heavy atom. The second kappa shape index (κ2) is 16.7. The van der Waals surface area contributed by atoms with Crippen LogP contribution in [0.2, 0.25) is 0 Å². The highest BCUT2D eigenvalue weighted by atomic mass is 32.1. The molecule has 1 aromatic carbocycles. The SMILES string of the molecule is C[C@@H]1C[C@@H](CCOC2CCC(N3C(=S)N(c4cnc(C#N)c(C(F)(F)F)c4)C(=O)C3(C)C)CC2)C[C@H](C)N1CC(=O)Nc1cccc2c(N3CCC(=O)NC3=O)nn(C)c12. The molecule has 2 N–H and O–H groups in total. The Balaban J connectivity index is 0.884. The standard InChI is InChI=1S/C41H49F3N10O5S/c1-23-17-25(18-24(2)52(23)22-34(56)47-31-8-6-7-29-35(31)50(5)49-36(29)51-15-13-33(55)48-38(51)58)14-16-59-28-11-9-26(10-12-28)54-39(60)53(37(57)40(54,3)4)27-19-30(41(42,43)44)32(20-45)46-21-27/h6-8,19,21,23-26,28H,9-18,22H2,1-5H3,(H,47,56)(H,48,55,58)/t23-,24+,25-,26?,28?. The summed E-state index contributed by atoms with van der Waals surface area (Å²) >= 11 is 5.73. The molecular weight excluding hydrogens is 802 g/mol. The first-order valence-corrected chi connectivity index (χ1v) is 20.7. The van der Waals surface area contributed by atoms with Crippen LogP contribution in [0.15, 0.2) is 30.5 Å². The third kappa shape index (κ3) is 8.28. The van der Waals surface area contributed by atoms with Gasteiger partial charge in [0, 0.05) is 50.1 Å². The van der Waals surface area contributed by atoms with E-state index in [2.05, 4.69) is 39.5 Å². The molecule has 3 aromatic rings. The zero-order chi connectivity index (χ0) is 43.3. The molecule has 3 aliphatic heterocycles. The van der Waals surface area contributed by atoms with Crippen LogP contribution in [0.3, 0.4) is 0 Å². The Morgan fingerprint density at radius 3 is 2.47 bits per heavy atom. The normalized spacial score (nSPS) is 25.2. The molecule has 1 saturated carbocycles. The molecule has 0 spiro atoms. The molecule has 4 fully saturated rings. The maximum atomic E-state index is 13.7.